The summed E-state index contributed by atoms with van der Waals surface area (Å²) < 4.78 is 16.2. The van der Waals surface area contributed by atoms with E-state index in [0.717, 1.165) is 0 Å². The number of Topliss-reactive ketones (excluding diaryl/α,β-unsaturated/α-hetero) is 1. The van der Waals surface area contributed by atoms with Crippen LogP contribution in [0.1, 0.15) is 34.1 Å². The molecule has 0 saturated carbocycles. The van der Waals surface area contributed by atoms with E-state index in [4.69, 9.17) is 14.2 Å². The van der Waals surface area contributed by atoms with E-state index in [1.807, 2.05) is 20.8 Å². The highest BCUT2D eigenvalue weighted by Gasteiger charge is 2.24. The number of hydrogen-bond donors (Lipinski definition) is 0. The molecule has 0 N–H and O–H groups in total. The van der Waals surface area contributed by atoms with Crippen LogP contribution in [0.4, 0.5) is 0 Å². The first-order chi connectivity index (χ1) is 7.15. The lowest BCUT2D eigenvalue weighted by molar-refractivity contribution is -0.203. The van der Waals surface area contributed by atoms with Crippen molar-refractivity contribution in [2.45, 2.75) is 46.5 Å². The molecular weight excluding hydrogens is 196 g/mol. The summed E-state index contributed by atoms with van der Waals surface area (Å²) in [4.78, 5) is 11.1. The van der Waals surface area contributed by atoms with E-state index >= 15 is 0 Å². The van der Waals surface area contributed by atoms with Crippen molar-refractivity contribution >= 4 is 5.78 Å². The van der Waals surface area contributed by atoms with Crippen LogP contribution >= 0.6 is 0 Å². The maximum Gasteiger partial charge on any atom is 0.184 e. The van der Waals surface area contributed by atoms with E-state index in [0.29, 0.717) is 26.2 Å². The summed E-state index contributed by atoms with van der Waals surface area (Å²) in [6.07, 6.45) is -0.408. The van der Waals surface area contributed by atoms with Crippen molar-refractivity contribution in [3.8, 4) is 0 Å². The van der Waals surface area contributed by atoms with Gasteiger partial charge in [0, 0.05) is 26.2 Å². The van der Waals surface area contributed by atoms with Crippen LogP contribution in [0.15, 0.2) is 0 Å². The summed E-state index contributed by atoms with van der Waals surface area (Å²) in [7, 11) is 0. The Morgan fingerprint density at radius 3 is 1.80 bits per heavy atom. The van der Waals surface area contributed by atoms with Gasteiger partial charge >= 0.3 is 0 Å². The number of hydrogen-bond acceptors (Lipinski definition) is 4. The average Bonchev–Trinajstić information content (AvgIpc) is 2.16. The maximum absolute atomic E-state index is 11.1. The van der Waals surface area contributed by atoms with Gasteiger partial charge < -0.3 is 14.2 Å². The second-order valence-corrected chi connectivity index (χ2v) is 3.18. The molecule has 0 aliphatic carbocycles. The number of ketones is 1. The Hall–Kier alpha value is -0.450. The Kier molecular flexibility index (Phi) is 8.56. The molecular formula is C11H22O4. The van der Waals surface area contributed by atoms with Crippen LogP contribution in [0.25, 0.3) is 0 Å². The zero-order chi connectivity index (χ0) is 11.7. The molecule has 0 aromatic heterocycles. The lowest BCUT2D eigenvalue weighted by atomic mass is 10.2. The van der Waals surface area contributed by atoms with Crippen LogP contribution in [0.2, 0.25) is 0 Å². The molecule has 0 rings (SSSR count). The maximum atomic E-state index is 11.1. The minimum absolute atomic E-state index is 0.0813. The molecule has 0 spiro atoms. The molecule has 1 unspecified atom stereocenters. The molecule has 1 atom stereocenters. The van der Waals surface area contributed by atoms with E-state index in [9.17, 15) is 4.79 Å². The van der Waals surface area contributed by atoms with Crippen molar-refractivity contribution in [3.63, 3.8) is 0 Å². The van der Waals surface area contributed by atoms with Crippen molar-refractivity contribution in [2.24, 2.45) is 0 Å². The standard InChI is InChI=1S/C11H22O4/c1-5-13-10(8-9(4)12)11(14-6-2)15-7-3/h10-11H,5-8H2,1-4H3. The Bertz CT molecular complexity index is 164. The molecule has 4 nitrogen and oxygen atoms in total. The van der Waals surface area contributed by atoms with Gasteiger partial charge in [0.15, 0.2) is 6.29 Å². The third-order valence-corrected chi connectivity index (χ3v) is 1.83. The Morgan fingerprint density at radius 2 is 1.47 bits per heavy atom. The molecule has 0 aliphatic heterocycles. The Labute approximate surface area is 91.9 Å². The van der Waals surface area contributed by atoms with Crippen LogP contribution in [0.5, 0.6) is 0 Å². The fourth-order valence-corrected chi connectivity index (χ4v) is 1.32. The predicted octanol–water partition coefficient (Wildman–Crippen LogP) is 1.77. The lowest BCUT2D eigenvalue weighted by Gasteiger charge is -2.25. The van der Waals surface area contributed by atoms with Gasteiger partial charge in [-0.2, -0.15) is 0 Å². The van der Waals surface area contributed by atoms with Crippen LogP contribution in [0, 0.1) is 0 Å². The summed E-state index contributed by atoms with van der Waals surface area (Å²) >= 11 is 0. The Morgan fingerprint density at radius 1 is 1.00 bits per heavy atom. The summed E-state index contributed by atoms with van der Waals surface area (Å²) in [6, 6.07) is 0. The first kappa shape index (κ1) is 14.6. The van der Waals surface area contributed by atoms with Gasteiger partial charge in [-0.05, 0) is 27.7 Å². The van der Waals surface area contributed by atoms with E-state index < -0.39 is 6.29 Å². The van der Waals surface area contributed by atoms with Crippen molar-refractivity contribution in [3.05, 3.63) is 0 Å². The molecule has 0 fully saturated rings. The predicted molar refractivity (Wildman–Crippen MR) is 57.8 cm³/mol. The van der Waals surface area contributed by atoms with Crippen molar-refractivity contribution in [1.82, 2.24) is 0 Å². The highest BCUT2D eigenvalue weighted by atomic mass is 16.7. The smallest absolute Gasteiger partial charge is 0.184 e. The number of ether oxygens (including phenoxy) is 3. The van der Waals surface area contributed by atoms with Gasteiger partial charge in [0.25, 0.3) is 0 Å². The molecule has 0 bridgehead atoms. The second kappa shape index (κ2) is 8.83. The topological polar surface area (TPSA) is 44.8 Å². The monoisotopic (exact) mass is 218 g/mol. The minimum Gasteiger partial charge on any atom is -0.373 e. The first-order valence-corrected chi connectivity index (χ1v) is 5.49. The van der Waals surface area contributed by atoms with Crippen molar-refractivity contribution < 1.29 is 19.0 Å². The molecule has 0 aromatic rings. The van der Waals surface area contributed by atoms with Gasteiger partial charge in [-0.25, -0.2) is 0 Å². The summed E-state index contributed by atoms with van der Waals surface area (Å²) in [5.74, 6) is 0.0813. The lowest BCUT2D eigenvalue weighted by Crippen LogP contribution is -2.35. The molecule has 0 aromatic carbocycles. The Balaban J connectivity index is 4.28. The fraction of sp³-hybridized carbons (Fsp3) is 0.909. The molecule has 0 saturated heterocycles. The van der Waals surface area contributed by atoms with Crippen molar-refractivity contribution in [2.75, 3.05) is 19.8 Å². The van der Waals surface area contributed by atoms with Gasteiger partial charge in [0.05, 0.1) is 0 Å². The quantitative estimate of drug-likeness (QED) is 0.553. The zero-order valence-electron chi connectivity index (χ0n) is 10.1. The van der Waals surface area contributed by atoms with E-state index in [2.05, 4.69) is 0 Å². The van der Waals surface area contributed by atoms with E-state index in [-0.39, 0.29) is 11.9 Å². The number of carbonyl (C=O) groups excluding carboxylic acids is 1. The largest absolute Gasteiger partial charge is 0.373 e. The third-order valence-electron chi connectivity index (χ3n) is 1.83. The van der Waals surface area contributed by atoms with Crippen LogP contribution in [-0.2, 0) is 19.0 Å². The highest BCUT2D eigenvalue weighted by Crippen LogP contribution is 2.11. The van der Waals surface area contributed by atoms with Gasteiger partial charge in [-0.15, -0.1) is 0 Å². The fourth-order valence-electron chi connectivity index (χ4n) is 1.32. The van der Waals surface area contributed by atoms with Gasteiger partial charge in [-0.1, -0.05) is 0 Å². The van der Waals surface area contributed by atoms with Crippen LogP contribution < -0.4 is 0 Å². The van der Waals surface area contributed by atoms with Crippen molar-refractivity contribution in [1.29, 1.82) is 0 Å². The molecule has 0 radical (unpaired) electrons. The summed E-state index contributed by atoms with van der Waals surface area (Å²) in [5, 5.41) is 0. The van der Waals surface area contributed by atoms with Crippen LogP contribution in [0.3, 0.4) is 0 Å². The molecule has 15 heavy (non-hydrogen) atoms. The molecule has 4 heteroatoms. The van der Waals surface area contributed by atoms with Crippen LogP contribution in [-0.4, -0.2) is 38.0 Å². The van der Waals surface area contributed by atoms with Gasteiger partial charge in [-0.3, -0.25) is 4.79 Å². The first-order valence-electron chi connectivity index (χ1n) is 5.49. The minimum atomic E-state index is -0.441. The SMILES string of the molecule is CCOC(CC(C)=O)C(OCC)OCC. The molecule has 0 aliphatic rings. The highest BCUT2D eigenvalue weighted by molar-refractivity contribution is 5.76. The molecule has 0 amide bonds. The van der Waals surface area contributed by atoms with Gasteiger partial charge in [0.1, 0.15) is 11.9 Å². The third kappa shape index (κ3) is 6.60. The van der Waals surface area contributed by atoms with Gasteiger partial charge in [0.2, 0.25) is 0 Å². The number of rotatable bonds is 9. The van der Waals surface area contributed by atoms with E-state index in [1.54, 1.807) is 6.92 Å². The normalized spacial score (nSPS) is 13.1. The number of carbonyl (C=O) groups is 1. The molecule has 0 heterocycles. The van der Waals surface area contributed by atoms with E-state index in [1.165, 1.54) is 0 Å². The zero-order valence-corrected chi connectivity index (χ0v) is 10.1. The second-order valence-electron chi connectivity index (χ2n) is 3.18. The molecule has 90 valence electrons. The summed E-state index contributed by atoms with van der Waals surface area (Å²) in [6.45, 7) is 8.86. The summed E-state index contributed by atoms with van der Waals surface area (Å²) in [5.41, 5.74) is 0. The average molecular weight is 218 g/mol.